The first-order valence-corrected chi connectivity index (χ1v) is 5.82. The molecule has 0 radical (unpaired) electrons. The SMILES string of the molecule is BrC(Cc1cccs1)C1CC1. The number of halogens is 1. The highest BCUT2D eigenvalue weighted by molar-refractivity contribution is 9.09. The average Bonchev–Trinajstić information content (AvgIpc) is 2.73. The zero-order valence-corrected chi connectivity index (χ0v) is 8.70. The van der Waals surface area contributed by atoms with E-state index in [4.69, 9.17) is 0 Å². The van der Waals surface area contributed by atoms with Crippen LogP contribution < -0.4 is 0 Å². The Kier molecular flexibility index (Phi) is 2.33. The van der Waals surface area contributed by atoms with Gasteiger partial charge in [-0.15, -0.1) is 11.3 Å². The lowest BCUT2D eigenvalue weighted by Crippen LogP contribution is -2.02. The Bertz CT molecular complexity index is 213. The van der Waals surface area contributed by atoms with Gasteiger partial charge in [-0.25, -0.2) is 0 Å². The van der Waals surface area contributed by atoms with Crippen LogP contribution in [0.4, 0.5) is 0 Å². The van der Waals surface area contributed by atoms with Crippen LogP contribution >= 0.6 is 27.3 Å². The van der Waals surface area contributed by atoms with Crippen molar-refractivity contribution in [3.8, 4) is 0 Å². The van der Waals surface area contributed by atoms with Crippen molar-refractivity contribution < 1.29 is 0 Å². The fourth-order valence-corrected chi connectivity index (χ4v) is 3.10. The zero-order chi connectivity index (χ0) is 7.68. The Hall–Kier alpha value is 0.180. The summed E-state index contributed by atoms with van der Waals surface area (Å²) in [6.45, 7) is 0. The van der Waals surface area contributed by atoms with Gasteiger partial charge in [0.15, 0.2) is 0 Å². The van der Waals surface area contributed by atoms with Gasteiger partial charge in [-0.3, -0.25) is 0 Å². The van der Waals surface area contributed by atoms with E-state index in [0.717, 1.165) is 10.7 Å². The van der Waals surface area contributed by atoms with Crippen molar-refractivity contribution >= 4 is 27.3 Å². The summed E-state index contributed by atoms with van der Waals surface area (Å²) in [6, 6.07) is 4.36. The second kappa shape index (κ2) is 3.28. The van der Waals surface area contributed by atoms with E-state index in [9.17, 15) is 0 Å². The molecule has 0 aromatic carbocycles. The monoisotopic (exact) mass is 230 g/mol. The summed E-state index contributed by atoms with van der Waals surface area (Å²) in [6.07, 6.45) is 4.09. The first kappa shape index (κ1) is 7.81. The molecule has 1 aliphatic carbocycles. The van der Waals surface area contributed by atoms with Gasteiger partial charge in [0.25, 0.3) is 0 Å². The van der Waals surface area contributed by atoms with E-state index in [1.807, 2.05) is 11.3 Å². The van der Waals surface area contributed by atoms with Crippen LogP contribution in [0.15, 0.2) is 17.5 Å². The third-order valence-electron chi connectivity index (χ3n) is 2.11. The second-order valence-corrected chi connectivity index (χ2v) is 5.35. The van der Waals surface area contributed by atoms with Gasteiger partial charge in [0.2, 0.25) is 0 Å². The molecule has 0 N–H and O–H groups in total. The van der Waals surface area contributed by atoms with Crippen molar-refractivity contribution in [3.05, 3.63) is 22.4 Å². The van der Waals surface area contributed by atoms with Gasteiger partial charge < -0.3 is 0 Å². The van der Waals surface area contributed by atoms with E-state index >= 15 is 0 Å². The summed E-state index contributed by atoms with van der Waals surface area (Å²) in [5, 5.41) is 2.15. The quantitative estimate of drug-likeness (QED) is 0.699. The Labute approximate surface area is 79.8 Å². The summed E-state index contributed by atoms with van der Waals surface area (Å²) >= 11 is 5.60. The summed E-state index contributed by atoms with van der Waals surface area (Å²) in [4.78, 5) is 2.25. The Balaban J connectivity index is 1.89. The first-order chi connectivity index (χ1) is 5.36. The number of hydrogen-bond acceptors (Lipinski definition) is 1. The number of rotatable bonds is 3. The maximum Gasteiger partial charge on any atom is 0.0222 e. The molecule has 60 valence electrons. The third-order valence-corrected chi connectivity index (χ3v) is 4.08. The van der Waals surface area contributed by atoms with Crippen LogP contribution in [-0.4, -0.2) is 4.83 Å². The number of hydrogen-bond donors (Lipinski definition) is 0. The molecule has 11 heavy (non-hydrogen) atoms. The van der Waals surface area contributed by atoms with Crippen molar-refractivity contribution in [3.63, 3.8) is 0 Å². The molecule has 1 aromatic rings. The fraction of sp³-hybridized carbons (Fsp3) is 0.556. The summed E-state index contributed by atoms with van der Waals surface area (Å²) in [5.41, 5.74) is 0. The molecular weight excluding hydrogens is 220 g/mol. The van der Waals surface area contributed by atoms with E-state index in [0.29, 0.717) is 0 Å². The van der Waals surface area contributed by atoms with Crippen LogP contribution in [0.1, 0.15) is 17.7 Å². The van der Waals surface area contributed by atoms with E-state index in [2.05, 4.69) is 33.4 Å². The molecule has 0 saturated heterocycles. The number of thiophene rings is 1. The molecule has 2 rings (SSSR count). The molecule has 1 fully saturated rings. The van der Waals surface area contributed by atoms with E-state index in [1.165, 1.54) is 24.1 Å². The molecular formula is C9H11BrS. The Morgan fingerprint density at radius 1 is 1.64 bits per heavy atom. The molecule has 1 atom stereocenters. The van der Waals surface area contributed by atoms with Crippen LogP contribution in [0.3, 0.4) is 0 Å². The smallest absolute Gasteiger partial charge is 0.0222 e. The lowest BCUT2D eigenvalue weighted by Gasteiger charge is -2.04. The molecule has 0 bridgehead atoms. The van der Waals surface area contributed by atoms with Crippen LogP contribution in [-0.2, 0) is 6.42 Å². The van der Waals surface area contributed by atoms with Gasteiger partial charge in [0.1, 0.15) is 0 Å². The predicted molar refractivity (Wildman–Crippen MR) is 53.5 cm³/mol. The van der Waals surface area contributed by atoms with Gasteiger partial charge in [-0.2, -0.15) is 0 Å². The van der Waals surface area contributed by atoms with Gasteiger partial charge in [-0.1, -0.05) is 22.0 Å². The molecule has 1 heterocycles. The average molecular weight is 231 g/mol. The minimum atomic E-state index is 0.737. The van der Waals surface area contributed by atoms with E-state index in [1.54, 1.807) is 0 Å². The van der Waals surface area contributed by atoms with Crippen molar-refractivity contribution in [1.82, 2.24) is 0 Å². The largest absolute Gasteiger partial charge is 0.149 e. The minimum absolute atomic E-state index is 0.737. The summed E-state index contributed by atoms with van der Waals surface area (Å²) in [7, 11) is 0. The minimum Gasteiger partial charge on any atom is -0.149 e. The van der Waals surface area contributed by atoms with Crippen LogP contribution in [0.5, 0.6) is 0 Å². The standard InChI is InChI=1S/C9H11BrS/c10-9(7-3-4-7)6-8-2-1-5-11-8/h1-2,5,7,9H,3-4,6H2. The lowest BCUT2D eigenvalue weighted by molar-refractivity contribution is 0.768. The van der Waals surface area contributed by atoms with Crippen molar-refractivity contribution in [2.24, 2.45) is 5.92 Å². The highest BCUT2D eigenvalue weighted by Gasteiger charge is 2.29. The van der Waals surface area contributed by atoms with Gasteiger partial charge in [-0.05, 0) is 36.6 Å². The van der Waals surface area contributed by atoms with Gasteiger partial charge in [0.05, 0.1) is 0 Å². The molecule has 0 amide bonds. The predicted octanol–water partition coefficient (Wildman–Crippen LogP) is 3.46. The van der Waals surface area contributed by atoms with Crippen LogP contribution in [0.25, 0.3) is 0 Å². The van der Waals surface area contributed by atoms with Crippen molar-refractivity contribution in [2.45, 2.75) is 24.1 Å². The maximum atomic E-state index is 3.73. The van der Waals surface area contributed by atoms with Crippen LogP contribution in [0.2, 0.25) is 0 Å². The molecule has 0 nitrogen and oxygen atoms in total. The Morgan fingerprint density at radius 2 is 2.45 bits per heavy atom. The highest BCUT2D eigenvalue weighted by atomic mass is 79.9. The lowest BCUT2D eigenvalue weighted by atomic mass is 10.2. The Morgan fingerprint density at radius 3 is 3.00 bits per heavy atom. The van der Waals surface area contributed by atoms with Crippen molar-refractivity contribution in [2.75, 3.05) is 0 Å². The second-order valence-electron chi connectivity index (χ2n) is 3.14. The normalized spacial score (nSPS) is 20.1. The molecule has 0 aliphatic heterocycles. The fourth-order valence-electron chi connectivity index (χ4n) is 1.25. The molecule has 1 aromatic heterocycles. The molecule has 0 spiro atoms. The van der Waals surface area contributed by atoms with Crippen LogP contribution in [0, 0.1) is 5.92 Å². The third kappa shape index (κ3) is 2.06. The topological polar surface area (TPSA) is 0 Å². The molecule has 1 aliphatic rings. The summed E-state index contributed by atoms with van der Waals surface area (Å²) < 4.78 is 0. The van der Waals surface area contributed by atoms with Crippen molar-refractivity contribution in [1.29, 1.82) is 0 Å². The summed E-state index contributed by atoms with van der Waals surface area (Å²) in [5.74, 6) is 0.970. The van der Waals surface area contributed by atoms with Gasteiger partial charge >= 0.3 is 0 Å². The van der Waals surface area contributed by atoms with E-state index in [-0.39, 0.29) is 0 Å². The van der Waals surface area contributed by atoms with Gasteiger partial charge in [0, 0.05) is 9.70 Å². The molecule has 2 heteroatoms. The molecule has 1 unspecified atom stereocenters. The van der Waals surface area contributed by atoms with E-state index < -0.39 is 0 Å². The maximum absolute atomic E-state index is 3.73. The highest BCUT2D eigenvalue weighted by Crippen LogP contribution is 2.38. The zero-order valence-electron chi connectivity index (χ0n) is 6.29. The molecule has 1 saturated carbocycles. The number of alkyl halides is 1. The first-order valence-electron chi connectivity index (χ1n) is 4.03.